The van der Waals surface area contributed by atoms with Gasteiger partial charge >= 0.3 is 0 Å². The molecule has 2 heterocycles. The Morgan fingerprint density at radius 1 is 1.26 bits per heavy atom. The van der Waals surface area contributed by atoms with E-state index in [1.54, 1.807) is 18.6 Å². The zero-order valence-corrected chi connectivity index (χ0v) is 11.0. The molecule has 0 fully saturated rings. The number of fused-ring (bicyclic) bond motifs is 1. The van der Waals surface area contributed by atoms with Gasteiger partial charge in [-0.1, -0.05) is 6.07 Å². The third kappa shape index (κ3) is 2.40. The van der Waals surface area contributed by atoms with E-state index >= 15 is 0 Å². The molecule has 0 amide bonds. The summed E-state index contributed by atoms with van der Waals surface area (Å²) in [6, 6.07) is 4.30. The molecule has 96 valence electrons. The lowest BCUT2D eigenvalue weighted by Crippen LogP contribution is -2.02. The van der Waals surface area contributed by atoms with E-state index in [1.165, 1.54) is 16.5 Å². The molecular formula is C14H15N5. The minimum atomic E-state index is 0.688. The molecule has 3 rings (SSSR count). The van der Waals surface area contributed by atoms with Crippen LogP contribution in [0.5, 0.6) is 0 Å². The van der Waals surface area contributed by atoms with Crippen molar-refractivity contribution in [1.82, 2.24) is 19.7 Å². The molecule has 1 aromatic carbocycles. The smallest absolute Gasteiger partial charge is 0.144 e. The first-order chi connectivity index (χ1) is 9.22. The van der Waals surface area contributed by atoms with Crippen molar-refractivity contribution in [3.05, 3.63) is 48.0 Å². The van der Waals surface area contributed by atoms with E-state index < -0.39 is 0 Å². The number of aromatic nitrogens is 4. The van der Waals surface area contributed by atoms with Crippen LogP contribution in [-0.4, -0.2) is 19.7 Å². The fourth-order valence-electron chi connectivity index (χ4n) is 2.20. The van der Waals surface area contributed by atoms with Crippen LogP contribution in [0.3, 0.4) is 0 Å². The van der Waals surface area contributed by atoms with Gasteiger partial charge in [-0.2, -0.15) is 5.10 Å². The minimum Gasteiger partial charge on any atom is -0.365 e. The van der Waals surface area contributed by atoms with Gasteiger partial charge in [0.1, 0.15) is 5.82 Å². The van der Waals surface area contributed by atoms with Crippen LogP contribution in [0.25, 0.3) is 10.9 Å². The lowest BCUT2D eigenvalue weighted by molar-refractivity contribution is 0.778. The highest BCUT2D eigenvalue weighted by Gasteiger charge is 2.06. The summed E-state index contributed by atoms with van der Waals surface area (Å²) in [5.74, 6) is 0.771. The molecule has 0 atom stereocenters. The molecule has 19 heavy (non-hydrogen) atoms. The Balaban J connectivity index is 1.92. The highest BCUT2D eigenvalue weighted by molar-refractivity contribution is 5.82. The zero-order chi connectivity index (χ0) is 13.2. The molecule has 1 N–H and O–H groups in total. The van der Waals surface area contributed by atoms with Crippen molar-refractivity contribution in [2.75, 3.05) is 5.32 Å². The number of nitrogens with one attached hydrogen (secondary N) is 1. The van der Waals surface area contributed by atoms with Gasteiger partial charge < -0.3 is 5.32 Å². The van der Waals surface area contributed by atoms with E-state index in [-0.39, 0.29) is 0 Å². The maximum absolute atomic E-state index is 4.51. The lowest BCUT2D eigenvalue weighted by atomic mass is 10.1. The predicted molar refractivity (Wildman–Crippen MR) is 74.8 cm³/mol. The van der Waals surface area contributed by atoms with Crippen molar-refractivity contribution >= 4 is 16.7 Å². The van der Waals surface area contributed by atoms with Gasteiger partial charge in [0.15, 0.2) is 0 Å². The van der Waals surface area contributed by atoms with Gasteiger partial charge in [0.25, 0.3) is 0 Å². The Morgan fingerprint density at radius 2 is 2.16 bits per heavy atom. The second-order valence-corrected chi connectivity index (χ2v) is 4.61. The van der Waals surface area contributed by atoms with Crippen LogP contribution in [0.2, 0.25) is 0 Å². The third-order valence-electron chi connectivity index (χ3n) is 2.97. The standard InChI is InChI=1S/C14H15N5/c1-10-5-11(7-17-13-8-15-3-4-16-13)14-12(6-10)9-19(2)18-14/h3-6,8-9H,7H2,1-2H3,(H,16,17). The predicted octanol–water partition coefficient (Wildman–Crippen LogP) is 2.28. The Hall–Kier alpha value is -2.43. The van der Waals surface area contributed by atoms with Crippen molar-refractivity contribution in [2.45, 2.75) is 13.5 Å². The van der Waals surface area contributed by atoms with Crippen molar-refractivity contribution in [2.24, 2.45) is 7.05 Å². The Labute approximate surface area is 111 Å². The third-order valence-corrected chi connectivity index (χ3v) is 2.97. The van der Waals surface area contributed by atoms with Gasteiger partial charge in [-0.25, -0.2) is 4.98 Å². The molecule has 0 unspecified atom stereocenters. The molecule has 5 heteroatoms. The van der Waals surface area contributed by atoms with Crippen LogP contribution in [0, 0.1) is 6.92 Å². The highest BCUT2D eigenvalue weighted by atomic mass is 15.2. The van der Waals surface area contributed by atoms with Gasteiger partial charge in [0, 0.05) is 37.6 Å². The van der Waals surface area contributed by atoms with Gasteiger partial charge in [-0.3, -0.25) is 9.67 Å². The molecule has 0 radical (unpaired) electrons. The summed E-state index contributed by atoms with van der Waals surface area (Å²) in [4.78, 5) is 8.24. The van der Waals surface area contributed by atoms with Crippen LogP contribution in [0.15, 0.2) is 36.9 Å². The molecule has 0 aliphatic carbocycles. The first-order valence-electron chi connectivity index (χ1n) is 6.15. The van der Waals surface area contributed by atoms with Crippen LogP contribution < -0.4 is 5.32 Å². The molecule has 0 aliphatic rings. The molecule has 0 saturated carbocycles. The summed E-state index contributed by atoms with van der Waals surface area (Å²) < 4.78 is 1.84. The molecule has 0 aliphatic heterocycles. The second-order valence-electron chi connectivity index (χ2n) is 4.61. The van der Waals surface area contributed by atoms with Gasteiger partial charge in [-0.05, 0) is 24.1 Å². The average Bonchev–Trinajstić information content (AvgIpc) is 2.77. The highest BCUT2D eigenvalue weighted by Crippen LogP contribution is 2.20. The number of hydrogen-bond donors (Lipinski definition) is 1. The molecule has 2 aromatic heterocycles. The summed E-state index contributed by atoms with van der Waals surface area (Å²) in [7, 11) is 1.94. The van der Waals surface area contributed by atoms with Crippen LogP contribution >= 0.6 is 0 Å². The Kier molecular flexibility index (Phi) is 2.87. The first kappa shape index (κ1) is 11.6. The summed E-state index contributed by atoms with van der Waals surface area (Å²) in [6.45, 7) is 2.78. The monoisotopic (exact) mass is 253 g/mol. The second kappa shape index (κ2) is 4.68. The van der Waals surface area contributed by atoms with E-state index in [0.717, 1.165) is 11.3 Å². The van der Waals surface area contributed by atoms with Crippen molar-refractivity contribution < 1.29 is 0 Å². The van der Waals surface area contributed by atoms with E-state index in [9.17, 15) is 0 Å². The SMILES string of the molecule is Cc1cc(CNc2cnccn2)c2nn(C)cc2c1. The summed E-state index contributed by atoms with van der Waals surface area (Å²) in [5.41, 5.74) is 3.43. The maximum Gasteiger partial charge on any atom is 0.144 e. The fraction of sp³-hybridized carbons (Fsp3) is 0.214. The Bertz CT molecular complexity index is 702. The summed E-state index contributed by atoms with van der Waals surface area (Å²) in [5, 5.41) is 8.94. The van der Waals surface area contributed by atoms with Crippen molar-refractivity contribution in [3.8, 4) is 0 Å². The molecule has 0 saturated heterocycles. The zero-order valence-electron chi connectivity index (χ0n) is 11.0. The number of hydrogen-bond acceptors (Lipinski definition) is 4. The normalized spacial score (nSPS) is 10.8. The minimum absolute atomic E-state index is 0.688. The number of benzene rings is 1. The maximum atomic E-state index is 4.51. The largest absolute Gasteiger partial charge is 0.365 e. The van der Waals surface area contributed by atoms with Gasteiger partial charge in [0.2, 0.25) is 0 Å². The molecule has 5 nitrogen and oxygen atoms in total. The molecule has 0 spiro atoms. The van der Waals surface area contributed by atoms with Gasteiger partial charge in [-0.15, -0.1) is 0 Å². The molecule has 0 bridgehead atoms. The number of rotatable bonds is 3. The number of aryl methyl sites for hydroxylation is 2. The van der Waals surface area contributed by atoms with Crippen LogP contribution in [0.4, 0.5) is 5.82 Å². The topological polar surface area (TPSA) is 55.6 Å². The van der Waals surface area contributed by atoms with Crippen molar-refractivity contribution in [3.63, 3.8) is 0 Å². The van der Waals surface area contributed by atoms with E-state index in [1.807, 2.05) is 17.9 Å². The van der Waals surface area contributed by atoms with Gasteiger partial charge in [0.05, 0.1) is 11.7 Å². The van der Waals surface area contributed by atoms with Crippen molar-refractivity contribution in [1.29, 1.82) is 0 Å². The quantitative estimate of drug-likeness (QED) is 0.778. The van der Waals surface area contributed by atoms with E-state index in [2.05, 4.69) is 39.4 Å². The van der Waals surface area contributed by atoms with E-state index in [0.29, 0.717) is 6.54 Å². The van der Waals surface area contributed by atoms with Crippen LogP contribution in [-0.2, 0) is 13.6 Å². The summed E-state index contributed by atoms with van der Waals surface area (Å²) >= 11 is 0. The number of anilines is 1. The Morgan fingerprint density at radius 3 is 2.95 bits per heavy atom. The molecular weight excluding hydrogens is 238 g/mol. The molecule has 3 aromatic rings. The van der Waals surface area contributed by atoms with E-state index in [4.69, 9.17) is 0 Å². The first-order valence-corrected chi connectivity index (χ1v) is 6.15. The number of nitrogens with zero attached hydrogens (tertiary/aromatic N) is 4. The van der Waals surface area contributed by atoms with Crippen LogP contribution in [0.1, 0.15) is 11.1 Å². The lowest BCUT2D eigenvalue weighted by Gasteiger charge is -2.06. The summed E-state index contributed by atoms with van der Waals surface area (Å²) in [6.07, 6.45) is 7.09. The fourth-order valence-corrected chi connectivity index (χ4v) is 2.20. The average molecular weight is 253 g/mol.